The fraction of sp³-hybridized carbons (Fsp3) is 0.391. The Labute approximate surface area is 150 Å². The monoisotopic (exact) mass is 334 g/mol. The number of hydrogen-bond acceptors (Lipinski definition) is 2. The predicted molar refractivity (Wildman–Crippen MR) is 102 cm³/mol. The highest BCUT2D eigenvalue weighted by atomic mass is 16.1. The molecule has 2 aromatic rings. The van der Waals surface area contributed by atoms with Crippen molar-refractivity contribution in [3.05, 3.63) is 69.8 Å². The Morgan fingerprint density at radius 2 is 1.36 bits per heavy atom. The van der Waals surface area contributed by atoms with Crippen molar-refractivity contribution in [2.45, 2.75) is 58.8 Å². The molecule has 0 heterocycles. The van der Waals surface area contributed by atoms with Crippen molar-refractivity contribution in [1.29, 1.82) is 0 Å². The number of rotatable bonds is 7. The van der Waals surface area contributed by atoms with E-state index in [4.69, 9.17) is 0 Å². The molecule has 1 aliphatic carbocycles. The van der Waals surface area contributed by atoms with Gasteiger partial charge in [0.05, 0.1) is 0 Å². The summed E-state index contributed by atoms with van der Waals surface area (Å²) >= 11 is 0. The second kappa shape index (κ2) is 7.77. The maximum absolute atomic E-state index is 12.9. The smallest absolute Gasteiger partial charge is 0.194 e. The first-order valence-electron chi connectivity index (χ1n) is 9.46. The summed E-state index contributed by atoms with van der Waals surface area (Å²) in [6.07, 6.45) is 8.52. The summed E-state index contributed by atoms with van der Waals surface area (Å²) in [6.45, 7) is 4.22. The molecular formula is C23H26O2. The third-order valence-corrected chi connectivity index (χ3v) is 5.26. The summed E-state index contributed by atoms with van der Waals surface area (Å²) in [7, 11) is 0. The number of hydrogen-bond donors (Lipinski definition) is 0. The fourth-order valence-electron chi connectivity index (χ4n) is 3.76. The Morgan fingerprint density at radius 1 is 0.720 bits per heavy atom. The van der Waals surface area contributed by atoms with Crippen molar-refractivity contribution in [3.63, 3.8) is 0 Å². The van der Waals surface area contributed by atoms with Crippen LogP contribution >= 0.6 is 0 Å². The van der Waals surface area contributed by atoms with E-state index in [2.05, 4.69) is 6.92 Å². The molecule has 2 nitrogen and oxygen atoms in total. The van der Waals surface area contributed by atoms with Gasteiger partial charge >= 0.3 is 0 Å². The summed E-state index contributed by atoms with van der Waals surface area (Å²) in [5.41, 5.74) is 4.44. The van der Waals surface area contributed by atoms with Gasteiger partial charge in [-0.2, -0.15) is 0 Å². The molecule has 0 fully saturated rings. The normalized spacial score (nSPS) is 12.9. The van der Waals surface area contributed by atoms with Gasteiger partial charge in [0.2, 0.25) is 0 Å². The molecule has 0 saturated heterocycles. The number of carbonyl (C=O) groups excluding carboxylic acids is 2. The molecule has 0 atom stereocenters. The summed E-state index contributed by atoms with van der Waals surface area (Å²) in [6, 6.07) is 11.0. The largest absolute Gasteiger partial charge is 0.289 e. The van der Waals surface area contributed by atoms with Crippen molar-refractivity contribution in [2.75, 3.05) is 0 Å². The molecule has 3 rings (SSSR count). The molecule has 0 bridgehead atoms. The van der Waals surface area contributed by atoms with Gasteiger partial charge < -0.3 is 0 Å². The van der Waals surface area contributed by atoms with Crippen LogP contribution in [-0.4, -0.2) is 11.6 Å². The minimum Gasteiger partial charge on any atom is -0.289 e. The lowest BCUT2D eigenvalue weighted by Crippen LogP contribution is -2.22. The van der Waals surface area contributed by atoms with Gasteiger partial charge in [-0.05, 0) is 37.0 Å². The molecule has 130 valence electrons. The number of unbranched alkanes of at least 4 members (excludes halogenated alkanes) is 5. The second-order valence-corrected chi connectivity index (χ2v) is 6.99. The Balaban J connectivity index is 1.80. The average Bonchev–Trinajstić information content (AvgIpc) is 2.63. The van der Waals surface area contributed by atoms with E-state index in [0.717, 1.165) is 18.4 Å². The van der Waals surface area contributed by atoms with Gasteiger partial charge in [0.25, 0.3) is 0 Å². The lowest BCUT2D eigenvalue weighted by atomic mass is 9.80. The molecule has 25 heavy (non-hydrogen) atoms. The molecule has 1 aliphatic rings. The molecule has 0 saturated carbocycles. The quantitative estimate of drug-likeness (QED) is 0.521. The van der Waals surface area contributed by atoms with E-state index in [1.165, 1.54) is 37.7 Å². The minimum absolute atomic E-state index is 0.00695. The van der Waals surface area contributed by atoms with Crippen molar-refractivity contribution < 1.29 is 9.59 Å². The van der Waals surface area contributed by atoms with E-state index in [9.17, 15) is 9.59 Å². The minimum atomic E-state index is -0.0283. The Morgan fingerprint density at radius 3 is 2.08 bits per heavy atom. The average molecular weight is 334 g/mol. The topological polar surface area (TPSA) is 34.1 Å². The fourth-order valence-corrected chi connectivity index (χ4v) is 3.76. The van der Waals surface area contributed by atoms with Crippen LogP contribution in [0.2, 0.25) is 0 Å². The van der Waals surface area contributed by atoms with Crippen molar-refractivity contribution >= 4 is 11.6 Å². The van der Waals surface area contributed by atoms with E-state index in [1.807, 2.05) is 31.2 Å². The number of benzene rings is 2. The van der Waals surface area contributed by atoms with Gasteiger partial charge in [-0.25, -0.2) is 0 Å². The summed E-state index contributed by atoms with van der Waals surface area (Å²) in [5.74, 6) is -0.0353. The van der Waals surface area contributed by atoms with Crippen LogP contribution in [0.25, 0.3) is 0 Å². The van der Waals surface area contributed by atoms with E-state index in [1.54, 1.807) is 12.1 Å². The van der Waals surface area contributed by atoms with E-state index in [-0.39, 0.29) is 11.6 Å². The molecular weight excluding hydrogens is 308 g/mol. The van der Waals surface area contributed by atoms with Crippen molar-refractivity contribution in [3.8, 4) is 0 Å². The molecule has 0 spiro atoms. The zero-order valence-corrected chi connectivity index (χ0v) is 15.2. The number of aryl methyl sites for hydroxylation is 1. The Hall–Kier alpha value is -2.22. The molecule has 2 heteroatoms. The molecule has 0 aliphatic heterocycles. The highest BCUT2D eigenvalue weighted by Gasteiger charge is 2.31. The highest BCUT2D eigenvalue weighted by molar-refractivity contribution is 6.28. The van der Waals surface area contributed by atoms with Gasteiger partial charge in [0.15, 0.2) is 11.6 Å². The van der Waals surface area contributed by atoms with Crippen LogP contribution in [0.15, 0.2) is 36.4 Å². The van der Waals surface area contributed by atoms with Crippen LogP contribution in [0.3, 0.4) is 0 Å². The maximum atomic E-state index is 12.9. The first kappa shape index (κ1) is 17.6. The lowest BCUT2D eigenvalue weighted by Gasteiger charge is -2.21. The van der Waals surface area contributed by atoms with Crippen LogP contribution in [0, 0.1) is 6.92 Å². The maximum Gasteiger partial charge on any atom is 0.194 e. The van der Waals surface area contributed by atoms with Crippen molar-refractivity contribution in [2.24, 2.45) is 0 Å². The lowest BCUT2D eigenvalue weighted by molar-refractivity contribution is 0.0978. The standard InChI is InChI=1S/C23H26O2/c1-3-4-5-6-7-8-11-17-14-15-20-21(16(17)2)23(25)19-13-10-9-12-18(19)22(20)24/h9-10,12-15H,3-8,11H2,1-2H3. The number of fused-ring (bicyclic) bond motifs is 2. The van der Waals surface area contributed by atoms with Gasteiger partial charge in [0.1, 0.15) is 0 Å². The second-order valence-electron chi connectivity index (χ2n) is 6.99. The first-order chi connectivity index (χ1) is 12.1. The van der Waals surface area contributed by atoms with Gasteiger partial charge in [-0.1, -0.05) is 69.4 Å². The van der Waals surface area contributed by atoms with Crippen LogP contribution in [0.5, 0.6) is 0 Å². The molecule has 0 radical (unpaired) electrons. The summed E-state index contributed by atoms with van der Waals surface area (Å²) in [4.78, 5) is 25.6. The number of ketones is 2. The summed E-state index contributed by atoms with van der Waals surface area (Å²) in [5, 5.41) is 0. The van der Waals surface area contributed by atoms with Gasteiger partial charge in [0, 0.05) is 22.3 Å². The predicted octanol–water partition coefficient (Wildman–Crippen LogP) is 5.67. The van der Waals surface area contributed by atoms with E-state index >= 15 is 0 Å². The zero-order chi connectivity index (χ0) is 17.8. The van der Waals surface area contributed by atoms with Gasteiger partial charge in [-0.15, -0.1) is 0 Å². The third kappa shape index (κ3) is 3.44. The van der Waals surface area contributed by atoms with Crippen molar-refractivity contribution in [1.82, 2.24) is 0 Å². The molecule has 0 aromatic heterocycles. The first-order valence-corrected chi connectivity index (χ1v) is 9.46. The molecule has 0 amide bonds. The van der Waals surface area contributed by atoms with Crippen LogP contribution in [0.4, 0.5) is 0 Å². The van der Waals surface area contributed by atoms with E-state index in [0.29, 0.717) is 22.3 Å². The molecule has 0 unspecified atom stereocenters. The van der Waals surface area contributed by atoms with Crippen LogP contribution < -0.4 is 0 Å². The van der Waals surface area contributed by atoms with Crippen LogP contribution in [-0.2, 0) is 6.42 Å². The Bertz CT molecular complexity index is 802. The zero-order valence-electron chi connectivity index (χ0n) is 15.2. The van der Waals surface area contributed by atoms with Crippen LogP contribution in [0.1, 0.15) is 88.4 Å². The third-order valence-electron chi connectivity index (χ3n) is 5.26. The molecule has 2 aromatic carbocycles. The van der Waals surface area contributed by atoms with E-state index < -0.39 is 0 Å². The molecule has 0 N–H and O–H groups in total. The SMILES string of the molecule is CCCCCCCCc1ccc2c(c1C)C(=O)c1ccccc1C2=O. The summed E-state index contributed by atoms with van der Waals surface area (Å²) < 4.78 is 0. The Kier molecular flexibility index (Phi) is 5.47. The number of carbonyl (C=O) groups is 2. The highest BCUT2D eigenvalue weighted by Crippen LogP contribution is 2.31. The van der Waals surface area contributed by atoms with Gasteiger partial charge in [-0.3, -0.25) is 9.59 Å².